The Bertz CT molecular complexity index is 1110. The molecule has 0 amide bonds. The molecule has 1 aliphatic heterocycles. The van der Waals surface area contributed by atoms with Gasteiger partial charge in [-0.15, -0.1) is 0 Å². The van der Waals surface area contributed by atoms with Crippen molar-refractivity contribution in [3.8, 4) is 0 Å². The summed E-state index contributed by atoms with van der Waals surface area (Å²) in [6, 6.07) is 21.6. The van der Waals surface area contributed by atoms with Gasteiger partial charge in [0.15, 0.2) is 0 Å². The van der Waals surface area contributed by atoms with Crippen LogP contribution in [0.25, 0.3) is 0 Å². The Kier molecular flexibility index (Phi) is 4.72. The van der Waals surface area contributed by atoms with E-state index in [1.807, 2.05) is 42.5 Å². The van der Waals surface area contributed by atoms with Crippen LogP contribution in [0.1, 0.15) is 11.1 Å². The number of sulfonamides is 1. The largest absolute Gasteiger partial charge is 0.266 e. The standard InChI is InChI=1S/C21H17ClN2O2S/c22-18-6-3-4-16(14-18)15-23-19-8-10-20(11-9-19)27(25,26)24-13-12-17-5-1-2-7-21(17)24/h1-11,14-15H,12-13H2. The van der Waals surface area contributed by atoms with Gasteiger partial charge in [-0.05, 0) is 60.0 Å². The van der Waals surface area contributed by atoms with E-state index in [0.717, 1.165) is 23.2 Å². The van der Waals surface area contributed by atoms with Gasteiger partial charge in [0.2, 0.25) is 0 Å². The van der Waals surface area contributed by atoms with E-state index in [-0.39, 0.29) is 4.90 Å². The lowest BCUT2D eigenvalue weighted by Gasteiger charge is -2.19. The van der Waals surface area contributed by atoms with Crippen molar-refractivity contribution in [3.63, 3.8) is 0 Å². The van der Waals surface area contributed by atoms with E-state index in [2.05, 4.69) is 4.99 Å². The third-order valence-electron chi connectivity index (χ3n) is 4.48. The van der Waals surface area contributed by atoms with Crippen LogP contribution in [0.2, 0.25) is 5.02 Å². The molecule has 0 bridgehead atoms. The normalized spacial score (nSPS) is 13.9. The summed E-state index contributed by atoms with van der Waals surface area (Å²) in [6.45, 7) is 0.469. The zero-order valence-corrected chi connectivity index (χ0v) is 16.0. The van der Waals surface area contributed by atoms with Gasteiger partial charge in [0.1, 0.15) is 0 Å². The second-order valence-corrected chi connectivity index (χ2v) is 8.56. The number of aliphatic imine (C=N–C) groups is 1. The van der Waals surface area contributed by atoms with Crippen molar-refractivity contribution in [3.05, 3.63) is 88.9 Å². The second kappa shape index (κ2) is 7.18. The monoisotopic (exact) mass is 396 g/mol. The average molecular weight is 397 g/mol. The van der Waals surface area contributed by atoms with Gasteiger partial charge in [-0.25, -0.2) is 8.42 Å². The summed E-state index contributed by atoms with van der Waals surface area (Å²) in [5.41, 5.74) is 3.38. The van der Waals surface area contributed by atoms with Crippen molar-refractivity contribution in [2.75, 3.05) is 10.8 Å². The Hall–Kier alpha value is -2.63. The van der Waals surface area contributed by atoms with E-state index in [0.29, 0.717) is 17.3 Å². The maximum Gasteiger partial charge on any atom is 0.264 e. The first-order chi connectivity index (χ1) is 13.0. The van der Waals surface area contributed by atoms with E-state index in [9.17, 15) is 8.42 Å². The smallest absolute Gasteiger partial charge is 0.264 e. The highest BCUT2D eigenvalue weighted by Gasteiger charge is 2.30. The lowest BCUT2D eigenvalue weighted by molar-refractivity contribution is 0.592. The first-order valence-electron chi connectivity index (χ1n) is 8.54. The predicted molar refractivity (Wildman–Crippen MR) is 110 cm³/mol. The molecule has 0 saturated heterocycles. The minimum absolute atomic E-state index is 0.265. The summed E-state index contributed by atoms with van der Waals surface area (Å²) in [7, 11) is -3.58. The number of halogens is 1. The maximum atomic E-state index is 13.0. The van der Waals surface area contributed by atoms with Crippen molar-refractivity contribution >= 4 is 39.2 Å². The molecule has 0 N–H and O–H groups in total. The lowest BCUT2D eigenvalue weighted by atomic mass is 10.2. The number of nitrogens with zero attached hydrogens (tertiary/aromatic N) is 2. The van der Waals surface area contributed by atoms with Crippen LogP contribution in [0.15, 0.2) is 82.7 Å². The number of benzene rings is 3. The van der Waals surface area contributed by atoms with Crippen molar-refractivity contribution < 1.29 is 8.42 Å². The highest BCUT2D eigenvalue weighted by Crippen LogP contribution is 2.33. The minimum Gasteiger partial charge on any atom is -0.266 e. The number of fused-ring (bicyclic) bond motifs is 1. The van der Waals surface area contributed by atoms with Crippen molar-refractivity contribution in [1.82, 2.24) is 0 Å². The molecular weight excluding hydrogens is 380 g/mol. The molecule has 0 aromatic heterocycles. The SMILES string of the molecule is O=S(=O)(c1ccc(N=Cc2cccc(Cl)c2)cc1)N1CCc2ccccc21. The third kappa shape index (κ3) is 3.61. The molecule has 0 saturated carbocycles. The van der Waals surface area contributed by atoms with Gasteiger partial charge < -0.3 is 0 Å². The lowest BCUT2D eigenvalue weighted by Crippen LogP contribution is -2.29. The average Bonchev–Trinajstić information content (AvgIpc) is 3.12. The number of hydrogen-bond donors (Lipinski definition) is 0. The number of hydrogen-bond acceptors (Lipinski definition) is 3. The van der Waals surface area contributed by atoms with Crippen molar-refractivity contribution in [2.24, 2.45) is 4.99 Å². The molecule has 4 rings (SSSR count). The molecule has 0 radical (unpaired) electrons. The molecular formula is C21H17ClN2O2S. The fourth-order valence-corrected chi connectivity index (χ4v) is 4.83. The summed E-state index contributed by atoms with van der Waals surface area (Å²) in [5, 5.41) is 0.645. The first kappa shape index (κ1) is 17.8. The summed E-state index contributed by atoms with van der Waals surface area (Å²) < 4.78 is 27.5. The molecule has 3 aromatic carbocycles. The van der Waals surface area contributed by atoms with Crippen molar-refractivity contribution in [2.45, 2.75) is 11.3 Å². The summed E-state index contributed by atoms with van der Waals surface area (Å²) in [6.07, 6.45) is 2.43. The predicted octanol–water partition coefficient (Wildman–Crippen LogP) is 4.84. The summed E-state index contributed by atoms with van der Waals surface area (Å²) >= 11 is 5.96. The van der Waals surface area contributed by atoms with Crippen molar-refractivity contribution in [1.29, 1.82) is 0 Å². The van der Waals surface area contributed by atoms with Gasteiger partial charge in [-0.3, -0.25) is 9.30 Å². The molecule has 0 unspecified atom stereocenters. The third-order valence-corrected chi connectivity index (χ3v) is 6.54. The highest BCUT2D eigenvalue weighted by molar-refractivity contribution is 7.92. The summed E-state index contributed by atoms with van der Waals surface area (Å²) in [5.74, 6) is 0. The molecule has 1 heterocycles. The van der Waals surface area contributed by atoms with Gasteiger partial charge in [0, 0.05) is 17.8 Å². The van der Waals surface area contributed by atoms with E-state index in [1.54, 1.807) is 36.5 Å². The number of rotatable bonds is 4. The van der Waals surface area contributed by atoms with Gasteiger partial charge in [0.25, 0.3) is 10.0 Å². The molecule has 4 nitrogen and oxygen atoms in total. The topological polar surface area (TPSA) is 49.7 Å². The van der Waals surface area contributed by atoms with E-state index < -0.39 is 10.0 Å². The molecule has 3 aromatic rings. The minimum atomic E-state index is -3.58. The van der Waals surface area contributed by atoms with E-state index in [4.69, 9.17) is 11.6 Å². The molecule has 0 spiro atoms. The molecule has 0 aliphatic carbocycles. The van der Waals surface area contributed by atoms with Gasteiger partial charge in [0.05, 0.1) is 16.3 Å². The van der Waals surface area contributed by atoms with E-state index in [1.165, 1.54) is 4.31 Å². The highest BCUT2D eigenvalue weighted by atomic mass is 35.5. The van der Waals surface area contributed by atoms with Crippen LogP contribution in [0, 0.1) is 0 Å². The summed E-state index contributed by atoms with van der Waals surface area (Å²) in [4.78, 5) is 4.65. The van der Waals surface area contributed by atoms with Crippen LogP contribution in [0.3, 0.4) is 0 Å². The molecule has 0 atom stereocenters. The Labute approximate surface area is 163 Å². The quantitative estimate of drug-likeness (QED) is 0.592. The maximum absolute atomic E-state index is 13.0. The van der Waals surface area contributed by atoms with Crippen LogP contribution in [-0.2, 0) is 16.4 Å². The Morgan fingerprint density at radius 3 is 2.52 bits per heavy atom. The molecule has 0 fully saturated rings. The molecule has 1 aliphatic rings. The van der Waals surface area contributed by atoms with Crippen LogP contribution >= 0.6 is 11.6 Å². The van der Waals surface area contributed by atoms with Crippen LogP contribution in [0.5, 0.6) is 0 Å². The Morgan fingerprint density at radius 2 is 1.74 bits per heavy atom. The second-order valence-electron chi connectivity index (χ2n) is 6.26. The van der Waals surface area contributed by atoms with Crippen LogP contribution in [-0.4, -0.2) is 21.2 Å². The van der Waals surface area contributed by atoms with Crippen LogP contribution < -0.4 is 4.31 Å². The zero-order chi connectivity index (χ0) is 18.9. The fraction of sp³-hybridized carbons (Fsp3) is 0.0952. The van der Waals surface area contributed by atoms with Gasteiger partial charge in [-0.1, -0.05) is 41.9 Å². The van der Waals surface area contributed by atoms with E-state index >= 15 is 0 Å². The first-order valence-corrected chi connectivity index (χ1v) is 10.4. The Balaban J connectivity index is 1.57. The van der Waals surface area contributed by atoms with Crippen LogP contribution in [0.4, 0.5) is 11.4 Å². The Morgan fingerprint density at radius 1 is 0.963 bits per heavy atom. The number of anilines is 1. The fourth-order valence-electron chi connectivity index (χ4n) is 3.13. The molecule has 6 heteroatoms. The van der Waals surface area contributed by atoms with Gasteiger partial charge in [-0.2, -0.15) is 0 Å². The molecule has 136 valence electrons. The van der Waals surface area contributed by atoms with Gasteiger partial charge >= 0.3 is 0 Å². The molecule has 27 heavy (non-hydrogen) atoms. The zero-order valence-electron chi connectivity index (χ0n) is 14.4. The number of para-hydroxylation sites is 1.